The predicted molar refractivity (Wildman–Crippen MR) is 83.4 cm³/mol. The van der Waals surface area contributed by atoms with Gasteiger partial charge in [0.15, 0.2) is 11.5 Å². The van der Waals surface area contributed by atoms with Crippen molar-refractivity contribution in [1.29, 1.82) is 0 Å². The highest BCUT2D eigenvalue weighted by molar-refractivity contribution is 6.31. The molecule has 0 amide bonds. The average Bonchev–Trinajstić information content (AvgIpc) is 2.44. The Balaban J connectivity index is 2.35. The summed E-state index contributed by atoms with van der Waals surface area (Å²) in [5.41, 5.74) is 9.20. The number of benzene rings is 2. The minimum atomic E-state index is 0.569. The van der Waals surface area contributed by atoms with E-state index in [1.165, 1.54) is 0 Å². The molecule has 3 N–H and O–H groups in total. The van der Waals surface area contributed by atoms with Crippen molar-refractivity contribution in [3.63, 3.8) is 0 Å². The average molecular weight is 293 g/mol. The summed E-state index contributed by atoms with van der Waals surface area (Å²) in [5.74, 6) is 1.21. The Labute approximate surface area is 123 Å². The zero-order chi connectivity index (χ0) is 14.7. The van der Waals surface area contributed by atoms with Crippen LogP contribution in [0.15, 0.2) is 30.3 Å². The Morgan fingerprint density at radius 3 is 2.30 bits per heavy atom. The highest BCUT2D eigenvalue weighted by atomic mass is 35.5. The van der Waals surface area contributed by atoms with Crippen LogP contribution < -0.4 is 20.5 Å². The van der Waals surface area contributed by atoms with Crippen molar-refractivity contribution in [3.8, 4) is 11.5 Å². The molecule has 5 heteroatoms. The Kier molecular flexibility index (Phi) is 4.25. The molecule has 2 aromatic rings. The molecule has 0 bridgehead atoms. The third kappa shape index (κ3) is 2.91. The lowest BCUT2D eigenvalue weighted by atomic mass is 10.2. The van der Waals surface area contributed by atoms with Crippen molar-refractivity contribution < 1.29 is 9.47 Å². The van der Waals surface area contributed by atoms with Gasteiger partial charge < -0.3 is 20.5 Å². The second-order valence-electron chi connectivity index (χ2n) is 4.38. The van der Waals surface area contributed by atoms with Gasteiger partial charge in [-0.1, -0.05) is 17.7 Å². The number of halogens is 1. The van der Waals surface area contributed by atoms with Crippen LogP contribution in [0, 0.1) is 6.92 Å². The van der Waals surface area contributed by atoms with Gasteiger partial charge in [0.2, 0.25) is 0 Å². The molecule has 2 rings (SSSR count). The smallest absolute Gasteiger partial charge is 0.162 e. The lowest BCUT2D eigenvalue weighted by Gasteiger charge is -2.14. The predicted octanol–water partition coefficient (Wildman–Crippen LogP) is 3.99. The Morgan fingerprint density at radius 2 is 1.70 bits per heavy atom. The maximum Gasteiger partial charge on any atom is 0.162 e. The lowest BCUT2D eigenvalue weighted by Crippen LogP contribution is -1.99. The molecule has 0 aromatic heterocycles. The quantitative estimate of drug-likeness (QED) is 0.837. The number of hydrogen-bond acceptors (Lipinski definition) is 4. The fraction of sp³-hybridized carbons (Fsp3) is 0.200. The van der Waals surface area contributed by atoms with Crippen molar-refractivity contribution >= 4 is 28.7 Å². The van der Waals surface area contributed by atoms with E-state index >= 15 is 0 Å². The van der Waals surface area contributed by atoms with Crippen LogP contribution in [0.5, 0.6) is 11.5 Å². The fourth-order valence-corrected chi connectivity index (χ4v) is 2.01. The maximum absolute atomic E-state index is 6.11. The molecule has 0 saturated carbocycles. The first-order valence-electron chi connectivity index (χ1n) is 6.10. The molecule has 0 spiro atoms. The summed E-state index contributed by atoms with van der Waals surface area (Å²) in [5, 5.41) is 3.92. The summed E-state index contributed by atoms with van der Waals surface area (Å²) in [6.07, 6.45) is 0. The number of hydrogen-bond donors (Lipinski definition) is 2. The third-order valence-electron chi connectivity index (χ3n) is 3.01. The minimum Gasteiger partial charge on any atom is -0.493 e. The van der Waals surface area contributed by atoms with Crippen molar-refractivity contribution in [2.24, 2.45) is 0 Å². The molecule has 0 aliphatic carbocycles. The number of nitrogens with one attached hydrogen (secondary N) is 1. The highest BCUT2D eigenvalue weighted by Gasteiger charge is 2.09. The maximum atomic E-state index is 6.11. The van der Waals surface area contributed by atoms with E-state index < -0.39 is 0 Å². The SMILES string of the molecule is COc1cc(N)c(Nc2ccc(C)c(Cl)c2)cc1OC. The van der Waals surface area contributed by atoms with Gasteiger partial charge in [0, 0.05) is 22.8 Å². The van der Waals surface area contributed by atoms with Gasteiger partial charge in [0.25, 0.3) is 0 Å². The van der Waals surface area contributed by atoms with Crippen molar-refractivity contribution in [2.45, 2.75) is 6.92 Å². The minimum absolute atomic E-state index is 0.569. The van der Waals surface area contributed by atoms with Gasteiger partial charge in [0.05, 0.1) is 25.6 Å². The molecule has 0 heterocycles. The van der Waals surface area contributed by atoms with Crippen LogP contribution in [0.25, 0.3) is 0 Å². The highest BCUT2D eigenvalue weighted by Crippen LogP contribution is 2.36. The van der Waals surface area contributed by atoms with E-state index in [0.717, 1.165) is 16.9 Å². The molecule has 0 atom stereocenters. The summed E-state index contributed by atoms with van der Waals surface area (Å²) in [4.78, 5) is 0. The first kappa shape index (κ1) is 14.3. The van der Waals surface area contributed by atoms with Crippen LogP contribution >= 0.6 is 11.6 Å². The van der Waals surface area contributed by atoms with E-state index in [2.05, 4.69) is 5.32 Å². The van der Waals surface area contributed by atoms with E-state index in [4.69, 9.17) is 26.8 Å². The monoisotopic (exact) mass is 292 g/mol. The molecule has 0 aliphatic heterocycles. The summed E-state index contributed by atoms with van der Waals surface area (Å²) in [7, 11) is 3.16. The van der Waals surface area contributed by atoms with Gasteiger partial charge in [0.1, 0.15) is 0 Å². The topological polar surface area (TPSA) is 56.5 Å². The van der Waals surface area contributed by atoms with E-state index in [0.29, 0.717) is 22.2 Å². The standard InChI is InChI=1S/C15H17ClN2O2/c1-9-4-5-10(6-11(9)16)18-13-8-15(20-3)14(19-2)7-12(13)17/h4-8,18H,17H2,1-3H3. The number of nitrogens with two attached hydrogens (primary N) is 1. The van der Waals surface area contributed by atoms with Gasteiger partial charge in [-0.25, -0.2) is 0 Å². The Hall–Kier alpha value is -2.07. The molecule has 2 aromatic carbocycles. The first-order chi connectivity index (χ1) is 9.55. The van der Waals surface area contributed by atoms with Gasteiger partial charge in [-0.3, -0.25) is 0 Å². The molecule has 0 unspecified atom stereocenters. The van der Waals surface area contributed by atoms with Gasteiger partial charge >= 0.3 is 0 Å². The van der Waals surface area contributed by atoms with Crippen LogP contribution in [0.1, 0.15) is 5.56 Å². The van der Waals surface area contributed by atoms with E-state index in [-0.39, 0.29) is 0 Å². The number of ether oxygens (including phenoxy) is 2. The number of rotatable bonds is 4. The Bertz CT molecular complexity index is 630. The molecule has 0 saturated heterocycles. The molecular weight excluding hydrogens is 276 g/mol. The molecule has 4 nitrogen and oxygen atoms in total. The number of methoxy groups -OCH3 is 2. The van der Waals surface area contributed by atoms with Crippen LogP contribution in [-0.4, -0.2) is 14.2 Å². The van der Waals surface area contributed by atoms with Crippen LogP contribution in [0.4, 0.5) is 17.1 Å². The lowest BCUT2D eigenvalue weighted by molar-refractivity contribution is 0.355. The molecule has 0 aliphatic rings. The zero-order valence-corrected chi connectivity index (χ0v) is 12.4. The Morgan fingerprint density at radius 1 is 1.05 bits per heavy atom. The summed E-state index contributed by atoms with van der Waals surface area (Å²) in [6, 6.07) is 9.25. The normalized spacial score (nSPS) is 10.2. The summed E-state index contributed by atoms with van der Waals surface area (Å²) in [6.45, 7) is 1.96. The number of anilines is 3. The molecule has 0 fully saturated rings. The van der Waals surface area contributed by atoms with Crippen molar-refractivity contribution in [2.75, 3.05) is 25.3 Å². The van der Waals surface area contributed by atoms with Crippen LogP contribution in [0.3, 0.4) is 0 Å². The van der Waals surface area contributed by atoms with Gasteiger partial charge in [-0.15, -0.1) is 0 Å². The molecule has 106 valence electrons. The van der Waals surface area contributed by atoms with E-state index in [9.17, 15) is 0 Å². The molecule has 0 radical (unpaired) electrons. The number of nitrogen functional groups attached to an aromatic ring is 1. The van der Waals surface area contributed by atoms with Crippen molar-refractivity contribution in [3.05, 3.63) is 40.9 Å². The van der Waals surface area contributed by atoms with E-state index in [1.54, 1.807) is 26.4 Å². The zero-order valence-electron chi connectivity index (χ0n) is 11.7. The summed E-state index contributed by atoms with van der Waals surface area (Å²) >= 11 is 6.11. The summed E-state index contributed by atoms with van der Waals surface area (Å²) < 4.78 is 10.5. The number of aryl methyl sites for hydroxylation is 1. The second-order valence-corrected chi connectivity index (χ2v) is 4.79. The van der Waals surface area contributed by atoms with Crippen LogP contribution in [0.2, 0.25) is 5.02 Å². The van der Waals surface area contributed by atoms with Crippen molar-refractivity contribution in [1.82, 2.24) is 0 Å². The van der Waals surface area contributed by atoms with E-state index in [1.807, 2.05) is 25.1 Å². The third-order valence-corrected chi connectivity index (χ3v) is 3.41. The molecule has 20 heavy (non-hydrogen) atoms. The second kappa shape index (κ2) is 5.92. The molecular formula is C15H17ClN2O2. The largest absolute Gasteiger partial charge is 0.493 e. The van der Waals surface area contributed by atoms with Crippen LogP contribution in [-0.2, 0) is 0 Å². The van der Waals surface area contributed by atoms with Gasteiger partial charge in [-0.05, 0) is 24.6 Å². The first-order valence-corrected chi connectivity index (χ1v) is 6.47. The van der Waals surface area contributed by atoms with Gasteiger partial charge in [-0.2, -0.15) is 0 Å². The fourth-order valence-electron chi connectivity index (χ4n) is 1.83.